The van der Waals surface area contributed by atoms with E-state index in [-0.39, 0.29) is 22.6 Å². The maximum Gasteiger partial charge on any atom is 0.416 e. The Morgan fingerprint density at radius 3 is 2.61 bits per heavy atom. The molecule has 0 spiro atoms. The van der Waals surface area contributed by atoms with Crippen molar-refractivity contribution in [3.05, 3.63) is 54.1 Å². The first-order chi connectivity index (χ1) is 13.3. The maximum atomic E-state index is 12.7. The van der Waals surface area contributed by atoms with Gasteiger partial charge >= 0.3 is 6.18 Å². The molecule has 146 valence electrons. The summed E-state index contributed by atoms with van der Waals surface area (Å²) in [6.45, 7) is 0. The van der Waals surface area contributed by atoms with Crippen molar-refractivity contribution in [1.82, 2.24) is 10.2 Å². The Balaban J connectivity index is 1.57. The van der Waals surface area contributed by atoms with Crippen molar-refractivity contribution in [3.8, 4) is 17.2 Å². The van der Waals surface area contributed by atoms with Crippen LogP contribution in [0.25, 0.3) is 11.5 Å². The number of nitrogens with one attached hydrogen (secondary N) is 1. The number of halogens is 3. The van der Waals surface area contributed by atoms with Gasteiger partial charge in [0.25, 0.3) is 5.22 Å². The van der Waals surface area contributed by atoms with Crippen LogP contribution in [0.3, 0.4) is 0 Å². The molecule has 0 saturated carbocycles. The first-order valence-electron chi connectivity index (χ1n) is 7.93. The normalized spacial score (nSPS) is 11.3. The molecule has 3 aromatic rings. The largest absolute Gasteiger partial charge is 0.497 e. The molecule has 1 heterocycles. The Bertz CT molecular complexity index is 958. The lowest BCUT2D eigenvalue weighted by Crippen LogP contribution is -2.15. The highest BCUT2D eigenvalue weighted by Gasteiger charge is 2.30. The van der Waals surface area contributed by atoms with E-state index in [9.17, 15) is 18.0 Å². The van der Waals surface area contributed by atoms with E-state index < -0.39 is 17.6 Å². The number of thioether (sulfide) groups is 1. The van der Waals surface area contributed by atoms with E-state index in [0.29, 0.717) is 11.3 Å². The van der Waals surface area contributed by atoms with Crippen LogP contribution in [0.15, 0.2) is 58.2 Å². The Morgan fingerprint density at radius 1 is 1.18 bits per heavy atom. The number of anilines is 1. The van der Waals surface area contributed by atoms with Crippen LogP contribution in [0.1, 0.15) is 5.56 Å². The van der Waals surface area contributed by atoms with Crippen molar-refractivity contribution in [3.63, 3.8) is 0 Å². The van der Waals surface area contributed by atoms with Crippen LogP contribution < -0.4 is 10.1 Å². The van der Waals surface area contributed by atoms with Gasteiger partial charge < -0.3 is 14.5 Å². The van der Waals surface area contributed by atoms with Gasteiger partial charge in [-0.25, -0.2) is 0 Å². The first-order valence-corrected chi connectivity index (χ1v) is 8.91. The highest BCUT2D eigenvalue weighted by atomic mass is 32.2. The first kappa shape index (κ1) is 19.7. The molecule has 3 rings (SSSR count). The lowest BCUT2D eigenvalue weighted by atomic mass is 10.2. The Hall–Kier alpha value is -3.01. The zero-order chi connectivity index (χ0) is 20.1. The van der Waals surface area contributed by atoms with E-state index in [1.54, 1.807) is 31.4 Å². The summed E-state index contributed by atoms with van der Waals surface area (Å²) in [4.78, 5) is 12.0. The molecule has 2 aromatic carbocycles. The molecule has 10 heteroatoms. The summed E-state index contributed by atoms with van der Waals surface area (Å²) in [7, 11) is 1.56. The molecule has 1 amide bonds. The molecule has 0 aliphatic heterocycles. The number of rotatable bonds is 6. The van der Waals surface area contributed by atoms with Crippen LogP contribution in [0.5, 0.6) is 5.75 Å². The predicted molar refractivity (Wildman–Crippen MR) is 97.1 cm³/mol. The molecule has 0 radical (unpaired) electrons. The van der Waals surface area contributed by atoms with Crippen LogP contribution in [0, 0.1) is 0 Å². The topological polar surface area (TPSA) is 77.2 Å². The third kappa shape index (κ3) is 5.03. The van der Waals surface area contributed by atoms with Gasteiger partial charge in [0.1, 0.15) is 5.75 Å². The lowest BCUT2D eigenvalue weighted by molar-refractivity contribution is -0.137. The van der Waals surface area contributed by atoms with Crippen LogP contribution in [-0.2, 0) is 11.0 Å². The summed E-state index contributed by atoms with van der Waals surface area (Å²) >= 11 is 0.981. The molecule has 0 fully saturated rings. The maximum absolute atomic E-state index is 12.7. The number of hydrogen-bond acceptors (Lipinski definition) is 6. The molecule has 0 bridgehead atoms. The van der Waals surface area contributed by atoms with Gasteiger partial charge in [0, 0.05) is 11.3 Å². The number of carbonyl (C=O) groups excluding carboxylic acids is 1. The molecular weight excluding hydrogens is 395 g/mol. The van der Waals surface area contributed by atoms with Crippen molar-refractivity contribution >= 4 is 23.4 Å². The van der Waals surface area contributed by atoms with Crippen molar-refractivity contribution in [2.45, 2.75) is 11.4 Å². The quantitative estimate of drug-likeness (QED) is 0.605. The molecule has 1 aromatic heterocycles. The molecule has 0 atom stereocenters. The minimum Gasteiger partial charge on any atom is -0.497 e. The van der Waals surface area contributed by atoms with E-state index >= 15 is 0 Å². The summed E-state index contributed by atoms with van der Waals surface area (Å²) in [5.74, 6) is 0.376. The van der Waals surface area contributed by atoms with Crippen molar-refractivity contribution in [1.29, 1.82) is 0 Å². The van der Waals surface area contributed by atoms with Gasteiger partial charge in [0.05, 0.1) is 18.4 Å². The predicted octanol–water partition coefficient (Wildman–Crippen LogP) is 4.49. The summed E-state index contributed by atoms with van der Waals surface area (Å²) in [6.07, 6.45) is -4.48. The number of amides is 1. The number of nitrogens with zero attached hydrogens (tertiary/aromatic N) is 2. The van der Waals surface area contributed by atoms with Gasteiger partial charge in [0.2, 0.25) is 11.8 Å². The summed E-state index contributed by atoms with van der Waals surface area (Å²) in [6, 6.07) is 11.4. The summed E-state index contributed by atoms with van der Waals surface area (Å²) in [5, 5.41) is 10.3. The Morgan fingerprint density at radius 2 is 1.93 bits per heavy atom. The minimum absolute atomic E-state index is 0.0601. The van der Waals surface area contributed by atoms with E-state index in [1.165, 1.54) is 12.1 Å². The number of methoxy groups -OCH3 is 1. The number of ether oxygens (including phenoxy) is 1. The van der Waals surface area contributed by atoms with Gasteiger partial charge in [0.15, 0.2) is 0 Å². The second-order valence-corrected chi connectivity index (χ2v) is 6.44. The Labute approximate surface area is 162 Å². The molecule has 0 aliphatic rings. The molecule has 0 aliphatic carbocycles. The second-order valence-electron chi connectivity index (χ2n) is 5.52. The van der Waals surface area contributed by atoms with Crippen LogP contribution in [-0.4, -0.2) is 29.0 Å². The van der Waals surface area contributed by atoms with Crippen molar-refractivity contribution < 1.29 is 27.1 Å². The van der Waals surface area contributed by atoms with Crippen molar-refractivity contribution in [2.75, 3.05) is 18.2 Å². The van der Waals surface area contributed by atoms with Gasteiger partial charge in [-0.05, 0) is 42.5 Å². The number of hydrogen-bond donors (Lipinski definition) is 1. The third-order valence-corrected chi connectivity index (χ3v) is 4.36. The standard InChI is InChI=1S/C18H14F3N3O3S/c1-26-14-7-5-11(6-8-14)16-23-24-17(27-16)28-10-15(25)22-13-4-2-3-12(9-13)18(19,20)21/h2-9H,10H2,1H3,(H,22,25). The fourth-order valence-electron chi connectivity index (χ4n) is 2.22. The number of aromatic nitrogens is 2. The minimum atomic E-state index is -4.48. The van der Waals surface area contributed by atoms with Gasteiger partial charge in [-0.1, -0.05) is 17.8 Å². The molecule has 0 unspecified atom stereocenters. The van der Waals surface area contributed by atoms with Crippen LogP contribution >= 0.6 is 11.8 Å². The highest BCUT2D eigenvalue weighted by molar-refractivity contribution is 7.99. The highest BCUT2D eigenvalue weighted by Crippen LogP contribution is 2.31. The van der Waals surface area contributed by atoms with E-state index in [4.69, 9.17) is 9.15 Å². The second kappa shape index (κ2) is 8.34. The van der Waals surface area contributed by atoms with Crippen LogP contribution in [0.4, 0.5) is 18.9 Å². The SMILES string of the molecule is COc1ccc(-c2nnc(SCC(=O)Nc3cccc(C(F)(F)F)c3)o2)cc1. The summed E-state index contributed by atoms with van der Waals surface area (Å²) in [5.41, 5.74) is -0.0857. The van der Waals surface area contributed by atoms with Crippen molar-refractivity contribution in [2.24, 2.45) is 0 Å². The van der Waals surface area contributed by atoms with Gasteiger partial charge in [-0.2, -0.15) is 13.2 Å². The fourth-order valence-corrected chi connectivity index (χ4v) is 2.78. The molecule has 0 saturated heterocycles. The number of alkyl halides is 3. The van der Waals surface area contributed by atoms with Gasteiger partial charge in [-0.3, -0.25) is 4.79 Å². The zero-order valence-electron chi connectivity index (χ0n) is 14.5. The average Bonchev–Trinajstić information content (AvgIpc) is 3.15. The van der Waals surface area contributed by atoms with E-state index in [2.05, 4.69) is 15.5 Å². The zero-order valence-corrected chi connectivity index (χ0v) is 15.3. The molecular formula is C18H14F3N3O3S. The lowest BCUT2D eigenvalue weighted by Gasteiger charge is -2.09. The molecule has 6 nitrogen and oxygen atoms in total. The van der Waals surface area contributed by atoms with E-state index in [0.717, 1.165) is 23.9 Å². The Kier molecular flexibility index (Phi) is 5.88. The smallest absolute Gasteiger partial charge is 0.416 e. The number of benzene rings is 2. The monoisotopic (exact) mass is 409 g/mol. The van der Waals surface area contributed by atoms with Crippen LogP contribution in [0.2, 0.25) is 0 Å². The van der Waals surface area contributed by atoms with Gasteiger partial charge in [-0.15, -0.1) is 10.2 Å². The average molecular weight is 409 g/mol. The number of carbonyl (C=O) groups is 1. The third-order valence-electron chi connectivity index (χ3n) is 3.54. The van der Waals surface area contributed by atoms with E-state index in [1.807, 2.05) is 0 Å². The molecule has 1 N–H and O–H groups in total. The summed E-state index contributed by atoms with van der Waals surface area (Å²) < 4.78 is 48.7. The molecule has 28 heavy (non-hydrogen) atoms. The fraction of sp³-hybridized carbons (Fsp3) is 0.167.